The Bertz CT molecular complexity index is 445. The quantitative estimate of drug-likeness (QED) is 0.841. The van der Waals surface area contributed by atoms with Crippen molar-refractivity contribution in [2.24, 2.45) is 0 Å². The first kappa shape index (κ1) is 12.4. The van der Waals surface area contributed by atoms with Crippen molar-refractivity contribution in [3.05, 3.63) is 28.8 Å². The molecule has 0 spiro atoms. The van der Waals surface area contributed by atoms with E-state index in [2.05, 4.69) is 4.72 Å². The molecule has 6 heteroatoms. The van der Waals surface area contributed by atoms with Gasteiger partial charge < -0.3 is 5.11 Å². The van der Waals surface area contributed by atoms with E-state index in [0.29, 0.717) is 17.1 Å². The van der Waals surface area contributed by atoms with E-state index in [1.54, 1.807) is 6.92 Å². The Labute approximate surface area is 93.9 Å². The zero-order valence-corrected chi connectivity index (χ0v) is 9.77. The predicted octanol–water partition coefficient (Wildman–Crippen LogP) is 1.13. The third-order valence-corrected chi connectivity index (χ3v) is 3.74. The lowest BCUT2D eigenvalue weighted by molar-refractivity contribution is 0.281. The monoisotopic (exact) mass is 249 g/mol. The van der Waals surface area contributed by atoms with Crippen LogP contribution in [0.25, 0.3) is 0 Å². The molecule has 0 aliphatic heterocycles. The number of halogens is 1. The SMILES string of the molecule is CCNS(=O)(=O)c1ccc(Cl)c(CO)c1. The standard InChI is InChI=1S/C9H12ClNO3S/c1-2-11-15(13,14)8-3-4-9(10)7(5-8)6-12/h3-5,11-12H,2,6H2,1H3. The number of hydrogen-bond donors (Lipinski definition) is 2. The lowest BCUT2D eigenvalue weighted by atomic mass is 10.2. The van der Waals surface area contributed by atoms with Crippen LogP contribution < -0.4 is 4.72 Å². The molecule has 0 fully saturated rings. The van der Waals surface area contributed by atoms with Crippen molar-refractivity contribution in [3.63, 3.8) is 0 Å². The van der Waals surface area contributed by atoms with Crippen molar-refractivity contribution >= 4 is 21.6 Å². The molecule has 2 N–H and O–H groups in total. The summed E-state index contributed by atoms with van der Waals surface area (Å²) in [5, 5.41) is 9.29. The Hall–Kier alpha value is -0.620. The number of aliphatic hydroxyl groups excluding tert-OH is 1. The molecule has 0 heterocycles. The molecule has 0 saturated carbocycles. The highest BCUT2D eigenvalue weighted by Gasteiger charge is 2.13. The van der Waals surface area contributed by atoms with Crippen LogP contribution in [0.1, 0.15) is 12.5 Å². The fourth-order valence-corrected chi connectivity index (χ4v) is 2.38. The summed E-state index contributed by atoms with van der Waals surface area (Å²) in [5.74, 6) is 0. The summed E-state index contributed by atoms with van der Waals surface area (Å²) in [5.41, 5.74) is 0.399. The first-order chi connectivity index (χ1) is 7.01. The molecule has 0 bridgehead atoms. The molecule has 0 aromatic heterocycles. The van der Waals surface area contributed by atoms with E-state index < -0.39 is 10.0 Å². The highest BCUT2D eigenvalue weighted by Crippen LogP contribution is 2.20. The Morgan fingerprint density at radius 2 is 2.13 bits per heavy atom. The topological polar surface area (TPSA) is 66.4 Å². The summed E-state index contributed by atoms with van der Waals surface area (Å²) in [4.78, 5) is 0.109. The van der Waals surface area contributed by atoms with Crippen molar-refractivity contribution < 1.29 is 13.5 Å². The second-order valence-corrected chi connectivity index (χ2v) is 5.09. The lowest BCUT2D eigenvalue weighted by Gasteiger charge is -2.06. The van der Waals surface area contributed by atoms with Crippen molar-refractivity contribution in [1.82, 2.24) is 4.72 Å². The Morgan fingerprint density at radius 1 is 1.47 bits per heavy atom. The average molecular weight is 250 g/mol. The van der Waals surface area contributed by atoms with Gasteiger partial charge in [-0.15, -0.1) is 0 Å². The molecule has 1 rings (SSSR count). The molecule has 0 amide bonds. The van der Waals surface area contributed by atoms with Gasteiger partial charge in [-0.2, -0.15) is 0 Å². The summed E-state index contributed by atoms with van der Waals surface area (Å²) >= 11 is 5.75. The van der Waals surface area contributed by atoms with E-state index in [4.69, 9.17) is 16.7 Å². The van der Waals surface area contributed by atoms with Gasteiger partial charge >= 0.3 is 0 Å². The smallest absolute Gasteiger partial charge is 0.240 e. The number of nitrogens with one attached hydrogen (secondary N) is 1. The molecular formula is C9H12ClNO3S. The zero-order valence-electron chi connectivity index (χ0n) is 8.20. The van der Waals surface area contributed by atoms with E-state index in [0.717, 1.165) is 0 Å². The summed E-state index contributed by atoms with van der Waals surface area (Å²) in [7, 11) is -3.48. The van der Waals surface area contributed by atoms with Crippen LogP contribution in [-0.4, -0.2) is 20.1 Å². The van der Waals surface area contributed by atoms with Crippen molar-refractivity contribution in [2.75, 3.05) is 6.54 Å². The van der Waals surface area contributed by atoms with Gasteiger partial charge in [0.1, 0.15) is 0 Å². The summed E-state index contributed by atoms with van der Waals surface area (Å²) < 4.78 is 25.5. The number of rotatable bonds is 4. The van der Waals surface area contributed by atoms with Crippen molar-refractivity contribution in [1.29, 1.82) is 0 Å². The minimum atomic E-state index is -3.48. The number of benzene rings is 1. The minimum Gasteiger partial charge on any atom is -0.392 e. The molecule has 0 saturated heterocycles. The fraction of sp³-hybridized carbons (Fsp3) is 0.333. The van der Waals surface area contributed by atoms with Crippen LogP contribution >= 0.6 is 11.6 Å². The van der Waals surface area contributed by atoms with Crippen LogP contribution in [0.3, 0.4) is 0 Å². The van der Waals surface area contributed by atoms with Gasteiger partial charge in [-0.05, 0) is 23.8 Å². The molecule has 84 valence electrons. The summed E-state index contributed by atoms with van der Waals surface area (Å²) in [6, 6.07) is 4.22. The first-order valence-corrected chi connectivity index (χ1v) is 6.26. The summed E-state index contributed by atoms with van der Waals surface area (Å²) in [6.07, 6.45) is 0. The molecule has 15 heavy (non-hydrogen) atoms. The Kier molecular flexibility index (Phi) is 4.10. The summed E-state index contributed by atoms with van der Waals surface area (Å²) in [6.45, 7) is 1.73. The maximum Gasteiger partial charge on any atom is 0.240 e. The average Bonchev–Trinajstić information content (AvgIpc) is 2.18. The lowest BCUT2D eigenvalue weighted by Crippen LogP contribution is -2.23. The van der Waals surface area contributed by atoms with E-state index in [-0.39, 0.29) is 11.5 Å². The molecule has 0 aliphatic rings. The molecular weight excluding hydrogens is 238 g/mol. The first-order valence-electron chi connectivity index (χ1n) is 4.40. The highest BCUT2D eigenvalue weighted by atomic mass is 35.5. The Balaban J connectivity index is 3.17. The minimum absolute atomic E-state index is 0.109. The second-order valence-electron chi connectivity index (χ2n) is 2.91. The van der Waals surface area contributed by atoms with Gasteiger partial charge in [0, 0.05) is 11.6 Å². The third kappa shape index (κ3) is 2.92. The van der Waals surface area contributed by atoms with Gasteiger partial charge in [0.2, 0.25) is 10.0 Å². The van der Waals surface area contributed by atoms with Crippen molar-refractivity contribution in [2.45, 2.75) is 18.4 Å². The molecule has 0 radical (unpaired) electrons. The number of sulfonamides is 1. The van der Waals surface area contributed by atoms with Crippen LogP contribution in [0.15, 0.2) is 23.1 Å². The third-order valence-electron chi connectivity index (χ3n) is 1.83. The predicted molar refractivity (Wildman–Crippen MR) is 58.2 cm³/mol. The van der Waals surface area contributed by atoms with Crippen LogP contribution in [0.4, 0.5) is 0 Å². The number of aliphatic hydroxyl groups is 1. The van der Waals surface area contributed by atoms with E-state index in [1.807, 2.05) is 0 Å². The van der Waals surface area contributed by atoms with E-state index >= 15 is 0 Å². The van der Waals surface area contributed by atoms with Crippen LogP contribution in [0, 0.1) is 0 Å². The van der Waals surface area contributed by atoms with Crippen LogP contribution in [-0.2, 0) is 16.6 Å². The maximum atomic E-state index is 11.6. The van der Waals surface area contributed by atoms with Gasteiger partial charge in [-0.25, -0.2) is 13.1 Å². The van der Waals surface area contributed by atoms with E-state index in [9.17, 15) is 8.42 Å². The van der Waals surface area contributed by atoms with Gasteiger partial charge in [-0.1, -0.05) is 18.5 Å². The number of hydrogen-bond acceptors (Lipinski definition) is 3. The molecule has 4 nitrogen and oxygen atoms in total. The van der Waals surface area contributed by atoms with Gasteiger partial charge in [-0.3, -0.25) is 0 Å². The normalized spacial score (nSPS) is 11.7. The molecule has 0 atom stereocenters. The van der Waals surface area contributed by atoms with Crippen LogP contribution in [0.2, 0.25) is 5.02 Å². The second kappa shape index (κ2) is 4.94. The molecule has 1 aromatic carbocycles. The Morgan fingerprint density at radius 3 is 2.67 bits per heavy atom. The molecule has 0 aliphatic carbocycles. The van der Waals surface area contributed by atoms with Gasteiger partial charge in [0.05, 0.1) is 11.5 Å². The highest BCUT2D eigenvalue weighted by molar-refractivity contribution is 7.89. The molecule has 1 aromatic rings. The molecule has 0 unspecified atom stereocenters. The van der Waals surface area contributed by atoms with Crippen molar-refractivity contribution in [3.8, 4) is 0 Å². The van der Waals surface area contributed by atoms with E-state index in [1.165, 1.54) is 18.2 Å². The zero-order chi connectivity index (χ0) is 11.5. The van der Waals surface area contributed by atoms with Gasteiger partial charge in [0.25, 0.3) is 0 Å². The van der Waals surface area contributed by atoms with Gasteiger partial charge in [0.15, 0.2) is 0 Å². The largest absolute Gasteiger partial charge is 0.392 e. The van der Waals surface area contributed by atoms with Crippen LogP contribution in [0.5, 0.6) is 0 Å². The fourth-order valence-electron chi connectivity index (χ4n) is 1.11. The maximum absolute atomic E-state index is 11.6.